The highest BCUT2D eigenvalue weighted by atomic mass is 16.1. The predicted octanol–water partition coefficient (Wildman–Crippen LogP) is -0.0858. The fraction of sp³-hybridized carbons (Fsp3) is 0. The lowest BCUT2D eigenvalue weighted by Gasteiger charge is -1.84. The van der Waals surface area contributed by atoms with Crippen LogP contribution in [0.2, 0.25) is 0 Å². The fourth-order valence-corrected chi connectivity index (χ4v) is 0.869. The van der Waals surface area contributed by atoms with Crippen molar-refractivity contribution in [3.8, 4) is 0 Å². The normalized spacial score (nSPS) is 9.00. The Labute approximate surface area is 90.9 Å². The molecule has 0 atom stereocenters. The molecule has 0 aliphatic carbocycles. The molecule has 2 heterocycles. The molecule has 0 aliphatic rings. The van der Waals surface area contributed by atoms with Crippen molar-refractivity contribution in [2.75, 3.05) is 11.5 Å². The van der Waals surface area contributed by atoms with Gasteiger partial charge in [0.05, 0.1) is 11.4 Å². The number of aromatic nitrogens is 2. The molecule has 0 radical (unpaired) electrons. The van der Waals surface area contributed by atoms with E-state index >= 15 is 0 Å². The van der Waals surface area contributed by atoms with E-state index in [0.29, 0.717) is 0 Å². The molecule has 2 aromatic rings. The zero-order valence-electron chi connectivity index (χ0n) is 8.44. The molecule has 2 aromatic heterocycles. The molecule has 0 bridgehead atoms. The van der Waals surface area contributed by atoms with Gasteiger partial charge in [-0.2, -0.15) is 0 Å². The van der Waals surface area contributed by atoms with Crippen LogP contribution in [-0.4, -0.2) is 9.97 Å². The number of aromatic amines is 2. The van der Waals surface area contributed by atoms with Gasteiger partial charge >= 0.3 is 0 Å². The highest BCUT2D eigenvalue weighted by molar-refractivity contribution is 5.33. The van der Waals surface area contributed by atoms with E-state index in [2.05, 4.69) is 9.97 Å². The highest BCUT2D eigenvalue weighted by Gasteiger charge is 1.85. The SMILES string of the molecule is Nc1ccc[nH]c1=O.Nc1ccc[nH]c1=O. The Hall–Kier alpha value is -2.50. The van der Waals surface area contributed by atoms with E-state index < -0.39 is 0 Å². The first-order chi connectivity index (χ1) is 7.61. The van der Waals surface area contributed by atoms with Crippen LogP contribution in [0.25, 0.3) is 0 Å². The summed E-state index contributed by atoms with van der Waals surface area (Å²) in [5.41, 5.74) is 10.4. The topological polar surface area (TPSA) is 118 Å². The van der Waals surface area contributed by atoms with Crippen LogP contribution in [0.5, 0.6) is 0 Å². The molecule has 0 unspecified atom stereocenters. The number of nitrogen functional groups attached to an aromatic ring is 2. The molecule has 0 saturated heterocycles. The molecular formula is C10H12N4O2. The molecule has 0 aliphatic heterocycles. The molecule has 0 fully saturated rings. The quantitative estimate of drug-likeness (QED) is 0.496. The second-order valence-electron chi connectivity index (χ2n) is 2.91. The van der Waals surface area contributed by atoms with Crippen molar-refractivity contribution in [2.24, 2.45) is 0 Å². The Morgan fingerprint density at radius 2 is 1.19 bits per heavy atom. The molecule has 6 heteroatoms. The van der Waals surface area contributed by atoms with E-state index in [9.17, 15) is 9.59 Å². The maximum Gasteiger partial charge on any atom is 0.271 e. The summed E-state index contributed by atoms with van der Waals surface area (Å²) in [4.78, 5) is 25.7. The van der Waals surface area contributed by atoms with Gasteiger partial charge in [0.25, 0.3) is 11.1 Å². The summed E-state index contributed by atoms with van der Waals surface area (Å²) in [5.74, 6) is 0. The summed E-state index contributed by atoms with van der Waals surface area (Å²) >= 11 is 0. The van der Waals surface area contributed by atoms with Crippen LogP contribution in [0, 0.1) is 0 Å². The molecule has 84 valence electrons. The Morgan fingerprint density at radius 1 is 0.812 bits per heavy atom. The standard InChI is InChI=1S/2C5H6N2O/c2*6-4-2-1-3-7-5(4)8/h2*1-3H,6H2,(H,7,8). The lowest BCUT2D eigenvalue weighted by Crippen LogP contribution is -2.08. The van der Waals surface area contributed by atoms with E-state index in [1.54, 1.807) is 36.7 Å². The summed E-state index contributed by atoms with van der Waals surface area (Å²) in [6.45, 7) is 0. The van der Waals surface area contributed by atoms with Gasteiger partial charge in [0, 0.05) is 12.4 Å². The lowest BCUT2D eigenvalue weighted by molar-refractivity contribution is 1.24. The number of rotatable bonds is 0. The minimum atomic E-state index is -0.229. The minimum Gasteiger partial charge on any atom is -0.394 e. The van der Waals surface area contributed by atoms with Gasteiger partial charge in [0.2, 0.25) is 0 Å². The third-order valence-corrected chi connectivity index (χ3v) is 1.70. The van der Waals surface area contributed by atoms with Crippen LogP contribution in [-0.2, 0) is 0 Å². The number of nitrogens with two attached hydrogens (primary N) is 2. The van der Waals surface area contributed by atoms with E-state index in [0.717, 1.165) is 0 Å². The van der Waals surface area contributed by atoms with Crippen LogP contribution in [0.3, 0.4) is 0 Å². The van der Waals surface area contributed by atoms with Crippen LogP contribution in [0.15, 0.2) is 46.2 Å². The number of H-pyrrole nitrogens is 2. The molecule has 2 rings (SSSR count). The van der Waals surface area contributed by atoms with Crippen molar-refractivity contribution in [3.63, 3.8) is 0 Å². The van der Waals surface area contributed by atoms with Crippen molar-refractivity contribution in [1.29, 1.82) is 0 Å². The summed E-state index contributed by atoms with van der Waals surface area (Å²) in [6, 6.07) is 6.46. The maximum absolute atomic E-state index is 10.4. The van der Waals surface area contributed by atoms with Gasteiger partial charge in [0.15, 0.2) is 0 Å². The van der Waals surface area contributed by atoms with E-state index in [-0.39, 0.29) is 22.5 Å². The van der Waals surface area contributed by atoms with Gasteiger partial charge in [-0.05, 0) is 24.3 Å². The van der Waals surface area contributed by atoms with Crippen LogP contribution < -0.4 is 22.6 Å². The molecule has 16 heavy (non-hydrogen) atoms. The van der Waals surface area contributed by atoms with Gasteiger partial charge in [-0.15, -0.1) is 0 Å². The predicted molar refractivity (Wildman–Crippen MR) is 63.0 cm³/mol. The van der Waals surface area contributed by atoms with Crippen molar-refractivity contribution in [1.82, 2.24) is 9.97 Å². The molecule has 0 spiro atoms. The van der Waals surface area contributed by atoms with E-state index in [1.165, 1.54) is 0 Å². The molecule has 6 nitrogen and oxygen atoms in total. The number of hydrogen-bond acceptors (Lipinski definition) is 4. The Balaban J connectivity index is 0.000000160. The van der Waals surface area contributed by atoms with Crippen LogP contribution in [0.1, 0.15) is 0 Å². The monoisotopic (exact) mass is 220 g/mol. The summed E-state index contributed by atoms with van der Waals surface area (Å²) < 4.78 is 0. The summed E-state index contributed by atoms with van der Waals surface area (Å²) in [6.07, 6.45) is 3.08. The van der Waals surface area contributed by atoms with Crippen molar-refractivity contribution >= 4 is 11.4 Å². The Kier molecular flexibility index (Phi) is 3.90. The second kappa shape index (κ2) is 5.40. The van der Waals surface area contributed by atoms with Crippen molar-refractivity contribution in [3.05, 3.63) is 57.4 Å². The van der Waals surface area contributed by atoms with Gasteiger partial charge in [0.1, 0.15) is 0 Å². The highest BCUT2D eigenvalue weighted by Crippen LogP contribution is 1.85. The third-order valence-electron chi connectivity index (χ3n) is 1.70. The molecule has 0 amide bonds. The molecule has 6 N–H and O–H groups in total. The number of anilines is 2. The number of pyridine rings is 2. The van der Waals surface area contributed by atoms with E-state index in [4.69, 9.17) is 11.5 Å². The zero-order chi connectivity index (χ0) is 12.0. The lowest BCUT2D eigenvalue weighted by atomic mass is 10.4. The van der Waals surface area contributed by atoms with Crippen molar-refractivity contribution < 1.29 is 0 Å². The number of hydrogen-bond donors (Lipinski definition) is 4. The smallest absolute Gasteiger partial charge is 0.271 e. The van der Waals surface area contributed by atoms with Crippen LogP contribution in [0.4, 0.5) is 11.4 Å². The van der Waals surface area contributed by atoms with Crippen molar-refractivity contribution in [2.45, 2.75) is 0 Å². The molecule has 0 aromatic carbocycles. The average molecular weight is 220 g/mol. The first kappa shape index (κ1) is 11.6. The average Bonchev–Trinajstić information content (AvgIpc) is 2.28. The van der Waals surface area contributed by atoms with E-state index in [1.807, 2.05) is 0 Å². The third kappa shape index (κ3) is 3.33. The first-order valence-electron chi connectivity index (χ1n) is 4.47. The molecular weight excluding hydrogens is 208 g/mol. The van der Waals surface area contributed by atoms with Gasteiger partial charge in [-0.3, -0.25) is 9.59 Å². The summed E-state index contributed by atoms with van der Waals surface area (Å²) in [7, 11) is 0. The number of nitrogens with one attached hydrogen (secondary N) is 2. The van der Waals surface area contributed by atoms with Gasteiger partial charge in [-0.25, -0.2) is 0 Å². The first-order valence-corrected chi connectivity index (χ1v) is 4.47. The Morgan fingerprint density at radius 3 is 1.38 bits per heavy atom. The van der Waals surface area contributed by atoms with Gasteiger partial charge < -0.3 is 21.4 Å². The second-order valence-corrected chi connectivity index (χ2v) is 2.91. The fourth-order valence-electron chi connectivity index (χ4n) is 0.869. The maximum atomic E-state index is 10.4. The molecule has 0 saturated carbocycles. The van der Waals surface area contributed by atoms with Crippen LogP contribution >= 0.6 is 0 Å². The summed E-state index contributed by atoms with van der Waals surface area (Å²) in [5, 5.41) is 0. The zero-order valence-corrected chi connectivity index (χ0v) is 8.44. The van der Waals surface area contributed by atoms with Gasteiger partial charge in [-0.1, -0.05) is 0 Å². The minimum absolute atomic E-state index is 0.229. The largest absolute Gasteiger partial charge is 0.394 e. The Bertz CT molecular complexity index is 507.